The highest BCUT2D eigenvalue weighted by Crippen LogP contribution is 2.22. The molecule has 0 amide bonds. The molecule has 0 unspecified atom stereocenters. The van der Waals surface area contributed by atoms with Crippen LogP contribution < -0.4 is 5.32 Å². The molecule has 0 fully saturated rings. The normalized spacial score (nSPS) is 14.4. The summed E-state index contributed by atoms with van der Waals surface area (Å²) >= 11 is 0. The first-order valence-corrected chi connectivity index (χ1v) is 8.01. The van der Waals surface area contributed by atoms with Gasteiger partial charge in [0.2, 0.25) is 5.95 Å². The number of nitrogens with one attached hydrogen (secondary N) is 1. The van der Waals surface area contributed by atoms with E-state index in [4.69, 9.17) is 0 Å². The number of rotatable bonds is 4. The van der Waals surface area contributed by atoms with Crippen LogP contribution in [0.4, 0.5) is 11.6 Å². The smallest absolute Gasteiger partial charge is 0.207 e. The van der Waals surface area contributed by atoms with E-state index in [1.165, 1.54) is 11.3 Å². The van der Waals surface area contributed by atoms with Crippen LogP contribution in [0, 0.1) is 0 Å². The molecule has 4 nitrogen and oxygen atoms in total. The van der Waals surface area contributed by atoms with Crippen LogP contribution in [-0.4, -0.2) is 21.0 Å². The standard InChI is InChI=1S/C19H20N4/c1-3-7-16(8-4-1)14-22-11-12-23-18(15-22)13-20-19(23)21-17-9-5-2-6-10-17/h1-10,13H,11-12,14-15H2,(H,20,21). The molecule has 116 valence electrons. The van der Waals surface area contributed by atoms with E-state index < -0.39 is 0 Å². The lowest BCUT2D eigenvalue weighted by Crippen LogP contribution is -2.33. The maximum absolute atomic E-state index is 4.56. The van der Waals surface area contributed by atoms with Crippen molar-refractivity contribution in [2.24, 2.45) is 0 Å². The summed E-state index contributed by atoms with van der Waals surface area (Å²) in [4.78, 5) is 7.03. The molecule has 0 atom stereocenters. The third kappa shape index (κ3) is 3.12. The van der Waals surface area contributed by atoms with Crippen molar-refractivity contribution in [2.45, 2.75) is 19.6 Å². The summed E-state index contributed by atoms with van der Waals surface area (Å²) in [7, 11) is 0. The van der Waals surface area contributed by atoms with E-state index in [0.29, 0.717) is 0 Å². The van der Waals surface area contributed by atoms with Crippen LogP contribution in [0.25, 0.3) is 0 Å². The van der Waals surface area contributed by atoms with Gasteiger partial charge < -0.3 is 9.88 Å². The molecule has 1 N–H and O–H groups in total. The number of hydrogen-bond acceptors (Lipinski definition) is 3. The number of hydrogen-bond donors (Lipinski definition) is 1. The van der Waals surface area contributed by atoms with Crippen molar-refractivity contribution in [2.75, 3.05) is 11.9 Å². The molecule has 0 radical (unpaired) electrons. The molecule has 0 saturated heterocycles. The molecule has 3 aromatic rings. The van der Waals surface area contributed by atoms with Crippen molar-refractivity contribution in [1.29, 1.82) is 0 Å². The highest BCUT2D eigenvalue weighted by molar-refractivity contribution is 5.53. The number of aromatic nitrogens is 2. The third-order valence-corrected chi connectivity index (χ3v) is 4.24. The van der Waals surface area contributed by atoms with E-state index in [9.17, 15) is 0 Å². The number of imidazole rings is 1. The number of nitrogens with zero attached hydrogens (tertiary/aromatic N) is 3. The fourth-order valence-corrected chi connectivity index (χ4v) is 3.06. The average Bonchev–Trinajstić information content (AvgIpc) is 2.99. The first kappa shape index (κ1) is 14.0. The first-order valence-electron chi connectivity index (χ1n) is 8.01. The summed E-state index contributed by atoms with van der Waals surface area (Å²) in [5.41, 5.74) is 3.71. The third-order valence-electron chi connectivity index (χ3n) is 4.24. The van der Waals surface area contributed by atoms with Gasteiger partial charge in [0.25, 0.3) is 0 Å². The molecule has 0 bridgehead atoms. The second-order valence-corrected chi connectivity index (χ2v) is 5.91. The Morgan fingerprint density at radius 2 is 1.65 bits per heavy atom. The van der Waals surface area contributed by atoms with Gasteiger partial charge in [-0.3, -0.25) is 4.90 Å². The zero-order chi connectivity index (χ0) is 15.5. The molecule has 2 heterocycles. The Hall–Kier alpha value is -2.59. The molecule has 1 aromatic heterocycles. The highest BCUT2D eigenvalue weighted by atomic mass is 15.3. The number of para-hydroxylation sites is 1. The Bertz CT molecular complexity index is 765. The van der Waals surface area contributed by atoms with Crippen LogP contribution in [0.5, 0.6) is 0 Å². The molecule has 4 rings (SSSR count). The number of benzene rings is 2. The van der Waals surface area contributed by atoms with E-state index >= 15 is 0 Å². The van der Waals surface area contributed by atoms with Gasteiger partial charge in [0.1, 0.15) is 0 Å². The van der Waals surface area contributed by atoms with Gasteiger partial charge in [-0.05, 0) is 17.7 Å². The van der Waals surface area contributed by atoms with Crippen LogP contribution in [-0.2, 0) is 19.6 Å². The minimum Gasteiger partial charge on any atom is -0.326 e. The van der Waals surface area contributed by atoms with Crippen molar-refractivity contribution in [1.82, 2.24) is 14.5 Å². The molecule has 0 saturated carbocycles. The lowest BCUT2D eigenvalue weighted by Gasteiger charge is -2.28. The van der Waals surface area contributed by atoms with Crippen LogP contribution in [0.15, 0.2) is 66.9 Å². The van der Waals surface area contributed by atoms with Crippen LogP contribution >= 0.6 is 0 Å². The quantitative estimate of drug-likeness (QED) is 0.799. The summed E-state index contributed by atoms with van der Waals surface area (Å²) in [6, 6.07) is 20.9. The summed E-state index contributed by atoms with van der Waals surface area (Å²) in [5, 5.41) is 3.41. The fraction of sp³-hybridized carbons (Fsp3) is 0.211. The molecular formula is C19H20N4. The van der Waals surface area contributed by atoms with Gasteiger partial charge in [-0.15, -0.1) is 0 Å². The molecule has 4 heteroatoms. The van der Waals surface area contributed by atoms with Gasteiger partial charge in [0.15, 0.2) is 0 Å². The number of fused-ring (bicyclic) bond motifs is 1. The van der Waals surface area contributed by atoms with Gasteiger partial charge in [-0.2, -0.15) is 0 Å². The molecule has 2 aromatic carbocycles. The van der Waals surface area contributed by atoms with Crippen LogP contribution in [0.1, 0.15) is 11.3 Å². The zero-order valence-corrected chi connectivity index (χ0v) is 13.0. The maximum Gasteiger partial charge on any atom is 0.207 e. The Kier molecular flexibility index (Phi) is 3.82. The minimum atomic E-state index is 0.936. The van der Waals surface area contributed by atoms with E-state index in [-0.39, 0.29) is 0 Å². The zero-order valence-electron chi connectivity index (χ0n) is 13.0. The Balaban J connectivity index is 1.47. The highest BCUT2D eigenvalue weighted by Gasteiger charge is 2.19. The van der Waals surface area contributed by atoms with Gasteiger partial charge in [-0.1, -0.05) is 48.5 Å². The van der Waals surface area contributed by atoms with Gasteiger partial charge in [0.05, 0.1) is 11.9 Å². The van der Waals surface area contributed by atoms with Crippen molar-refractivity contribution in [3.8, 4) is 0 Å². The Morgan fingerprint density at radius 1 is 0.913 bits per heavy atom. The lowest BCUT2D eigenvalue weighted by molar-refractivity contribution is 0.214. The average molecular weight is 304 g/mol. The van der Waals surface area contributed by atoms with Gasteiger partial charge >= 0.3 is 0 Å². The van der Waals surface area contributed by atoms with E-state index in [1.807, 2.05) is 24.4 Å². The fourth-order valence-electron chi connectivity index (χ4n) is 3.06. The summed E-state index contributed by atoms with van der Waals surface area (Å²) < 4.78 is 2.29. The predicted octanol–water partition coefficient (Wildman–Crippen LogP) is 3.64. The van der Waals surface area contributed by atoms with Gasteiger partial charge in [-0.25, -0.2) is 4.98 Å². The van der Waals surface area contributed by atoms with Crippen molar-refractivity contribution >= 4 is 11.6 Å². The number of anilines is 2. The minimum absolute atomic E-state index is 0.936. The van der Waals surface area contributed by atoms with Crippen molar-refractivity contribution < 1.29 is 0 Å². The summed E-state index contributed by atoms with van der Waals surface area (Å²) in [6.07, 6.45) is 1.99. The molecule has 1 aliphatic rings. The largest absolute Gasteiger partial charge is 0.326 e. The Morgan fingerprint density at radius 3 is 2.43 bits per heavy atom. The van der Waals surface area contributed by atoms with E-state index in [2.05, 4.69) is 62.2 Å². The monoisotopic (exact) mass is 304 g/mol. The molecule has 0 aliphatic carbocycles. The summed E-state index contributed by atoms with van der Waals surface area (Å²) in [6.45, 7) is 3.95. The lowest BCUT2D eigenvalue weighted by atomic mass is 10.2. The van der Waals surface area contributed by atoms with Crippen molar-refractivity contribution in [3.05, 3.63) is 78.1 Å². The van der Waals surface area contributed by atoms with E-state index in [1.54, 1.807) is 0 Å². The first-order chi connectivity index (χ1) is 11.4. The van der Waals surface area contributed by atoms with Gasteiger partial charge in [0, 0.05) is 31.9 Å². The second kappa shape index (κ2) is 6.26. The SMILES string of the molecule is c1ccc(CN2CCn3c(cnc3Nc3ccccc3)C2)cc1. The molecule has 1 aliphatic heterocycles. The topological polar surface area (TPSA) is 33.1 Å². The van der Waals surface area contributed by atoms with Crippen molar-refractivity contribution in [3.63, 3.8) is 0 Å². The Labute approximate surface area is 136 Å². The summed E-state index contributed by atoms with van der Waals surface area (Å²) in [5.74, 6) is 0.936. The maximum atomic E-state index is 4.56. The molecule has 23 heavy (non-hydrogen) atoms. The predicted molar refractivity (Wildman–Crippen MR) is 92.5 cm³/mol. The van der Waals surface area contributed by atoms with Crippen LogP contribution in [0.2, 0.25) is 0 Å². The molecule has 0 spiro atoms. The van der Waals surface area contributed by atoms with E-state index in [0.717, 1.165) is 37.8 Å². The second-order valence-electron chi connectivity index (χ2n) is 5.91. The van der Waals surface area contributed by atoms with Crippen LogP contribution in [0.3, 0.4) is 0 Å². The molecular weight excluding hydrogens is 284 g/mol.